The molecule has 0 saturated carbocycles. The van der Waals surface area contributed by atoms with Crippen LogP contribution in [0.25, 0.3) is 11.3 Å². The fourth-order valence-electron chi connectivity index (χ4n) is 3.99. The molecule has 1 aromatic heterocycles. The third-order valence-corrected chi connectivity index (χ3v) is 5.36. The van der Waals surface area contributed by atoms with E-state index >= 15 is 0 Å². The van der Waals surface area contributed by atoms with Crippen molar-refractivity contribution < 1.29 is 9.53 Å². The molecule has 0 aliphatic carbocycles. The van der Waals surface area contributed by atoms with Crippen LogP contribution < -0.4 is 0 Å². The minimum Gasteiger partial charge on any atom is -0.379 e. The standard InChI is InChI=1S/C20H26N4O2/c25-20(18-13-21-22-19(18)17-6-2-1-3-7-17)24-8-4-5-16(15-24)14-23-9-11-26-12-10-23/h1-3,6-7,13,16H,4-5,8-12,14-15H2,(H,21,22). The zero-order valence-corrected chi connectivity index (χ0v) is 15.1. The number of nitrogens with one attached hydrogen (secondary N) is 1. The number of aromatic amines is 1. The van der Waals surface area contributed by atoms with Crippen molar-refractivity contribution in [2.75, 3.05) is 45.9 Å². The van der Waals surface area contributed by atoms with Crippen molar-refractivity contribution in [1.29, 1.82) is 0 Å². The lowest BCUT2D eigenvalue weighted by Crippen LogP contribution is -2.46. The highest BCUT2D eigenvalue weighted by Gasteiger charge is 2.28. The van der Waals surface area contributed by atoms with Crippen molar-refractivity contribution in [2.24, 2.45) is 5.92 Å². The number of carbonyl (C=O) groups is 1. The van der Waals surface area contributed by atoms with E-state index in [2.05, 4.69) is 15.1 Å². The molecule has 1 aromatic carbocycles. The lowest BCUT2D eigenvalue weighted by atomic mass is 9.96. The number of aromatic nitrogens is 2. The van der Waals surface area contributed by atoms with E-state index in [1.54, 1.807) is 6.20 Å². The van der Waals surface area contributed by atoms with Crippen LogP contribution in [0.3, 0.4) is 0 Å². The van der Waals surface area contributed by atoms with Crippen LogP contribution in [-0.4, -0.2) is 71.8 Å². The van der Waals surface area contributed by atoms with Gasteiger partial charge in [0.15, 0.2) is 0 Å². The normalized spacial score (nSPS) is 21.7. The van der Waals surface area contributed by atoms with Gasteiger partial charge in [0.2, 0.25) is 0 Å². The molecule has 2 aliphatic heterocycles. The molecule has 3 heterocycles. The van der Waals surface area contributed by atoms with Gasteiger partial charge in [-0.25, -0.2) is 0 Å². The van der Waals surface area contributed by atoms with E-state index < -0.39 is 0 Å². The Balaban J connectivity index is 1.44. The van der Waals surface area contributed by atoms with Crippen molar-refractivity contribution >= 4 is 5.91 Å². The van der Waals surface area contributed by atoms with E-state index in [0.717, 1.165) is 63.6 Å². The second-order valence-electron chi connectivity index (χ2n) is 7.20. The summed E-state index contributed by atoms with van der Waals surface area (Å²) in [5, 5.41) is 7.13. The first-order chi connectivity index (χ1) is 12.8. The molecular formula is C20H26N4O2. The number of morpholine rings is 1. The Labute approximate surface area is 154 Å². The van der Waals surface area contributed by atoms with Gasteiger partial charge < -0.3 is 9.64 Å². The highest BCUT2D eigenvalue weighted by Crippen LogP contribution is 2.25. The summed E-state index contributed by atoms with van der Waals surface area (Å²) in [7, 11) is 0. The second-order valence-corrected chi connectivity index (χ2v) is 7.20. The fraction of sp³-hybridized carbons (Fsp3) is 0.500. The Morgan fingerprint density at radius 2 is 2.00 bits per heavy atom. The molecule has 2 saturated heterocycles. The fourth-order valence-corrected chi connectivity index (χ4v) is 3.99. The van der Waals surface area contributed by atoms with Crippen molar-refractivity contribution in [1.82, 2.24) is 20.0 Å². The van der Waals surface area contributed by atoms with Gasteiger partial charge in [-0.05, 0) is 18.8 Å². The molecule has 1 atom stereocenters. The highest BCUT2D eigenvalue weighted by molar-refractivity contribution is 5.99. The van der Waals surface area contributed by atoms with Crippen LogP contribution in [0, 0.1) is 5.92 Å². The van der Waals surface area contributed by atoms with Crippen molar-refractivity contribution in [2.45, 2.75) is 12.8 Å². The number of rotatable bonds is 4. The quantitative estimate of drug-likeness (QED) is 0.915. The first-order valence-electron chi connectivity index (χ1n) is 9.49. The van der Waals surface area contributed by atoms with Crippen molar-refractivity contribution in [3.05, 3.63) is 42.1 Å². The predicted octanol–water partition coefficient (Wildman–Crippen LogP) is 2.26. The average Bonchev–Trinajstić information content (AvgIpc) is 3.19. The number of carbonyl (C=O) groups excluding carboxylic acids is 1. The molecule has 4 rings (SSSR count). The Hall–Kier alpha value is -2.18. The molecule has 6 nitrogen and oxygen atoms in total. The summed E-state index contributed by atoms with van der Waals surface area (Å²) in [6.07, 6.45) is 3.92. The third kappa shape index (κ3) is 3.81. The van der Waals surface area contributed by atoms with Gasteiger partial charge >= 0.3 is 0 Å². The molecule has 2 fully saturated rings. The number of benzene rings is 1. The predicted molar refractivity (Wildman–Crippen MR) is 99.9 cm³/mol. The number of nitrogens with zero attached hydrogens (tertiary/aromatic N) is 3. The molecule has 26 heavy (non-hydrogen) atoms. The number of likely N-dealkylation sites (tertiary alicyclic amines) is 1. The van der Waals surface area contributed by atoms with Gasteiger partial charge in [-0.15, -0.1) is 0 Å². The zero-order chi connectivity index (χ0) is 17.8. The van der Waals surface area contributed by atoms with E-state index in [4.69, 9.17) is 4.74 Å². The monoisotopic (exact) mass is 354 g/mol. The van der Waals surface area contributed by atoms with Crippen LogP contribution in [0.2, 0.25) is 0 Å². The molecule has 0 bridgehead atoms. The number of amides is 1. The van der Waals surface area contributed by atoms with Gasteiger partial charge in [0.05, 0.1) is 30.7 Å². The summed E-state index contributed by atoms with van der Waals surface area (Å²) in [4.78, 5) is 17.6. The molecule has 6 heteroatoms. The van der Waals surface area contributed by atoms with Gasteiger partial charge in [-0.2, -0.15) is 5.10 Å². The summed E-state index contributed by atoms with van der Waals surface area (Å²) < 4.78 is 5.44. The van der Waals surface area contributed by atoms with Crippen molar-refractivity contribution in [3.63, 3.8) is 0 Å². The number of H-pyrrole nitrogens is 1. The van der Waals surface area contributed by atoms with Crippen LogP contribution >= 0.6 is 0 Å². The summed E-state index contributed by atoms with van der Waals surface area (Å²) in [5.74, 6) is 0.627. The zero-order valence-electron chi connectivity index (χ0n) is 15.1. The molecule has 0 spiro atoms. The maximum Gasteiger partial charge on any atom is 0.257 e. The van der Waals surface area contributed by atoms with E-state index in [-0.39, 0.29) is 5.91 Å². The van der Waals surface area contributed by atoms with E-state index in [9.17, 15) is 4.79 Å². The second kappa shape index (κ2) is 8.01. The van der Waals surface area contributed by atoms with E-state index in [0.29, 0.717) is 11.5 Å². The smallest absolute Gasteiger partial charge is 0.257 e. The Bertz CT molecular complexity index is 724. The van der Waals surface area contributed by atoms with Gasteiger partial charge in [-0.1, -0.05) is 30.3 Å². The summed E-state index contributed by atoms with van der Waals surface area (Å²) in [6.45, 7) is 6.38. The molecule has 1 N–H and O–H groups in total. The first-order valence-corrected chi connectivity index (χ1v) is 9.49. The Kier molecular flexibility index (Phi) is 5.32. The van der Waals surface area contributed by atoms with Crippen LogP contribution in [-0.2, 0) is 4.74 Å². The number of hydrogen-bond donors (Lipinski definition) is 1. The van der Waals surface area contributed by atoms with Crippen LogP contribution in [0.5, 0.6) is 0 Å². The topological polar surface area (TPSA) is 61.5 Å². The molecule has 2 aliphatic rings. The summed E-state index contributed by atoms with van der Waals surface area (Å²) >= 11 is 0. The molecule has 138 valence electrons. The average molecular weight is 354 g/mol. The van der Waals surface area contributed by atoms with E-state index in [1.165, 1.54) is 6.42 Å². The van der Waals surface area contributed by atoms with Gasteiger partial charge in [-0.3, -0.25) is 14.8 Å². The Morgan fingerprint density at radius 3 is 2.81 bits per heavy atom. The Morgan fingerprint density at radius 1 is 1.19 bits per heavy atom. The van der Waals surface area contributed by atoms with Gasteiger partial charge in [0.1, 0.15) is 0 Å². The minimum atomic E-state index is 0.0873. The summed E-state index contributed by atoms with van der Waals surface area (Å²) in [5.41, 5.74) is 2.48. The third-order valence-electron chi connectivity index (χ3n) is 5.36. The molecular weight excluding hydrogens is 328 g/mol. The maximum absolute atomic E-state index is 13.1. The lowest BCUT2D eigenvalue weighted by molar-refractivity contribution is 0.0224. The largest absolute Gasteiger partial charge is 0.379 e. The van der Waals surface area contributed by atoms with Crippen LogP contribution in [0.4, 0.5) is 0 Å². The van der Waals surface area contributed by atoms with Crippen molar-refractivity contribution in [3.8, 4) is 11.3 Å². The molecule has 2 aromatic rings. The molecule has 0 radical (unpaired) electrons. The number of hydrogen-bond acceptors (Lipinski definition) is 4. The van der Waals surface area contributed by atoms with Crippen LogP contribution in [0.1, 0.15) is 23.2 Å². The van der Waals surface area contributed by atoms with E-state index in [1.807, 2.05) is 35.2 Å². The molecule has 1 amide bonds. The summed E-state index contributed by atoms with van der Waals surface area (Å²) in [6, 6.07) is 9.93. The lowest BCUT2D eigenvalue weighted by Gasteiger charge is -2.36. The van der Waals surface area contributed by atoms with Crippen LogP contribution in [0.15, 0.2) is 36.5 Å². The highest BCUT2D eigenvalue weighted by atomic mass is 16.5. The number of piperidine rings is 1. The SMILES string of the molecule is O=C(c1cn[nH]c1-c1ccccc1)N1CCCC(CN2CCOCC2)C1. The maximum atomic E-state index is 13.1. The number of ether oxygens (including phenoxy) is 1. The van der Waals surface area contributed by atoms with Gasteiger partial charge in [0.25, 0.3) is 5.91 Å². The first kappa shape index (κ1) is 17.2. The minimum absolute atomic E-state index is 0.0873. The van der Waals surface area contributed by atoms with Gasteiger partial charge in [0, 0.05) is 38.3 Å². The molecule has 1 unspecified atom stereocenters.